The van der Waals surface area contributed by atoms with E-state index in [4.69, 9.17) is 0 Å². The van der Waals surface area contributed by atoms with Crippen molar-refractivity contribution in [2.45, 2.75) is 56.2 Å². The van der Waals surface area contributed by atoms with Crippen molar-refractivity contribution < 1.29 is 8.78 Å². The van der Waals surface area contributed by atoms with E-state index in [1.807, 2.05) is 35.0 Å². The summed E-state index contributed by atoms with van der Waals surface area (Å²) in [4.78, 5) is 1.93. The minimum Gasteiger partial charge on any atom is -0.368 e. The fraction of sp³-hybridized carbons (Fsp3) is 0.440. The Bertz CT molecular complexity index is 1050. The molecule has 4 atom stereocenters. The average molecular weight is 470 g/mol. The van der Waals surface area contributed by atoms with Gasteiger partial charge in [0.05, 0.1) is 12.6 Å². The van der Waals surface area contributed by atoms with Crippen molar-refractivity contribution in [1.82, 2.24) is 19.1 Å². The number of halogens is 2. The van der Waals surface area contributed by atoms with Crippen LogP contribution in [-0.2, 0) is 6.54 Å². The second kappa shape index (κ2) is 9.81. The number of nitrogens with zero attached hydrogens (tertiary/aromatic N) is 5. The molecule has 3 aromatic rings. The lowest BCUT2D eigenvalue weighted by Crippen LogP contribution is -2.42. The molecule has 174 valence electrons. The summed E-state index contributed by atoms with van der Waals surface area (Å²) in [6, 6.07) is 16.0. The second-order valence-corrected chi connectivity index (χ2v) is 10.3. The molecule has 0 amide bonds. The summed E-state index contributed by atoms with van der Waals surface area (Å²) in [7, 11) is 0. The summed E-state index contributed by atoms with van der Waals surface area (Å²) in [5.41, 5.74) is 2.75. The maximum absolute atomic E-state index is 15.1. The van der Waals surface area contributed by atoms with E-state index in [1.165, 1.54) is 5.56 Å². The molecule has 0 saturated carbocycles. The van der Waals surface area contributed by atoms with Crippen molar-refractivity contribution in [3.63, 3.8) is 0 Å². The third-order valence-corrected chi connectivity index (χ3v) is 8.35. The van der Waals surface area contributed by atoms with Crippen LogP contribution in [0.1, 0.15) is 48.6 Å². The van der Waals surface area contributed by atoms with E-state index in [2.05, 4.69) is 45.7 Å². The van der Waals surface area contributed by atoms with E-state index in [0.29, 0.717) is 36.4 Å². The fourth-order valence-electron chi connectivity index (χ4n) is 4.82. The molecule has 0 spiro atoms. The van der Waals surface area contributed by atoms with Crippen LogP contribution < -0.4 is 4.90 Å². The highest BCUT2D eigenvalue weighted by atomic mass is 32.2. The zero-order valence-corrected chi connectivity index (χ0v) is 19.5. The summed E-state index contributed by atoms with van der Waals surface area (Å²) in [6.07, 6.45) is 4.91. The normalized spacial score (nSPS) is 26.5. The van der Waals surface area contributed by atoms with Gasteiger partial charge in [-0.25, -0.2) is 13.1 Å². The van der Waals surface area contributed by atoms with Crippen LogP contribution >= 0.6 is 11.9 Å². The first-order valence-electron chi connectivity index (χ1n) is 11.6. The van der Waals surface area contributed by atoms with Crippen molar-refractivity contribution in [3.05, 3.63) is 78.1 Å². The van der Waals surface area contributed by atoms with Gasteiger partial charge in [-0.3, -0.25) is 0 Å². The molecule has 5 nitrogen and oxygen atoms in total. The zero-order chi connectivity index (χ0) is 22.8. The maximum Gasteiger partial charge on any atom is 0.138 e. The monoisotopic (exact) mass is 469 g/mol. The first-order chi connectivity index (χ1) is 16.1. The van der Waals surface area contributed by atoms with Crippen LogP contribution in [0.25, 0.3) is 0 Å². The Labute approximate surface area is 197 Å². The van der Waals surface area contributed by atoms with Crippen LogP contribution in [0.2, 0.25) is 0 Å². The van der Waals surface area contributed by atoms with Gasteiger partial charge < -0.3 is 9.47 Å². The van der Waals surface area contributed by atoms with Crippen molar-refractivity contribution in [2.75, 3.05) is 18.0 Å². The molecule has 2 aliphatic heterocycles. The van der Waals surface area contributed by atoms with E-state index in [9.17, 15) is 4.39 Å². The van der Waals surface area contributed by atoms with E-state index in [-0.39, 0.29) is 18.4 Å². The highest BCUT2D eigenvalue weighted by Gasteiger charge is 2.31. The highest BCUT2D eigenvalue weighted by molar-refractivity contribution is 7.97. The Morgan fingerprint density at radius 1 is 1.03 bits per heavy atom. The van der Waals surface area contributed by atoms with Gasteiger partial charge in [-0.05, 0) is 43.9 Å². The van der Waals surface area contributed by atoms with Gasteiger partial charge in [-0.15, -0.1) is 10.2 Å². The first-order valence-corrected chi connectivity index (χ1v) is 12.4. The van der Waals surface area contributed by atoms with Gasteiger partial charge in [0.25, 0.3) is 0 Å². The number of anilines is 1. The second-order valence-electron chi connectivity index (χ2n) is 9.01. The number of hydrogen-bond donors (Lipinski definition) is 0. The number of hydrogen-bond acceptors (Lipinski definition) is 5. The van der Waals surface area contributed by atoms with Gasteiger partial charge in [0, 0.05) is 35.6 Å². The lowest BCUT2D eigenvalue weighted by Gasteiger charge is -2.38. The molecular formula is C25H29F2N5S. The Kier molecular flexibility index (Phi) is 6.64. The molecule has 0 unspecified atom stereocenters. The third kappa shape index (κ3) is 4.92. The molecule has 2 aliphatic rings. The standard InChI is InChI=1S/C25H29F2N5S/c1-18-7-10-25(19-5-3-2-4-6-19)33-32(18)14-20-8-9-21(13-22(20)26)30-12-11-24(23(27)15-30)31-16-28-29-17-31/h2-6,8-9,13,16-18,23-25H,7,10-12,14-15H2,1H3/t18-,23+,24+,25+/m0/s1. The number of rotatable bonds is 5. The Hall–Kier alpha value is -2.45. The van der Waals surface area contributed by atoms with Crippen molar-refractivity contribution in [2.24, 2.45) is 0 Å². The summed E-state index contributed by atoms with van der Waals surface area (Å²) in [5, 5.41) is 7.97. The number of benzene rings is 2. The van der Waals surface area contributed by atoms with E-state index in [0.717, 1.165) is 18.5 Å². The van der Waals surface area contributed by atoms with Crippen LogP contribution in [0.3, 0.4) is 0 Å². The van der Waals surface area contributed by atoms with E-state index >= 15 is 4.39 Å². The van der Waals surface area contributed by atoms with Gasteiger partial charge in [0.2, 0.25) is 0 Å². The molecule has 2 saturated heterocycles. The molecule has 2 fully saturated rings. The largest absolute Gasteiger partial charge is 0.368 e. The van der Waals surface area contributed by atoms with E-state index < -0.39 is 6.17 Å². The van der Waals surface area contributed by atoms with Gasteiger partial charge in [-0.2, -0.15) is 0 Å². The molecule has 3 heterocycles. The molecule has 5 rings (SSSR count). The maximum atomic E-state index is 15.1. The molecule has 0 radical (unpaired) electrons. The fourth-order valence-corrected chi connectivity index (χ4v) is 6.19. The third-order valence-electron chi connectivity index (χ3n) is 6.83. The van der Waals surface area contributed by atoms with Crippen LogP contribution in [0, 0.1) is 5.82 Å². The Morgan fingerprint density at radius 2 is 1.82 bits per heavy atom. The predicted octanol–water partition coefficient (Wildman–Crippen LogP) is 5.58. The molecular weight excluding hydrogens is 440 g/mol. The van der Waals surface area contributed by atoms with Crippen molar-refractivity contribution in [1.29, 1.82) is 0 Å². The molecule has 0 bridgehead atoms. The predicted molar refractivity (Wildman–Crippen MR) is 128 cm³/mol. The lowest BCUT2D eigenvalue weighted by atomic mass is 10.0. The minimum atomic E-state index is -1.06. The molecule has 2 aromatic carbocycles. The average Bonchev–Trinajstić information content (AvgIpc) is 3.37. The highest BCUT2D eigenvalue weighted by Crippen LogP contribution is 2.43. The van der Waals surface area contributed by atoms with Crippen LogP contribution in [0.5, 0.6) is 0 Å². The van der Waals surface area contributed by atoms with Gasteiger partial charge >= 0.3 is 0 Å². The van der Waals surface area contributed by atoms with Gasteiger partial charge in [-0.1, -0.05) is 48.3 Å². The summed E-state index contributed by atoms with van der Waals surface area (Å²) in [6.45, 7) is 3.67. The van der Waals surface area contributed by atoms with Gasteiger partial charge in [0.15, 0.2) is 0 Å². The minimum absolute atomic E-state index is 0.224. The van der Waals surface area contributed by atoms with Crippen LogP contribution in [0.15, 0.2) is 61.2 Å². The molecule has 0 N–H and O–H groups in total. The summed E-state index contributed by atoms with van der Waals surface area (Å²) < 4.78 is 34.0. The Balaban J connectivity index is 1.24. The van der Waals surface area contributed by atoms with Crippen LogP contribution in [0.4, 0.5) is 14.5 Å². The topological polar surface area (TPSA) is 37.2 Å². The summed E-state index contributed by atoms with van der Waals surface area (Å²) >= 11 is 1.82. The molecule has 0 aliphatic carbocycles. The lowest BCUT2D eigenvalue weighted by molar-refractivity contribution is 0.199. The van der Waals surface area contributed by atoms with Gasteiger partial charge in [0.1, 0.15) is 24.6 Å². The summed E-state index contributed by atoms with van der Waals surface area (Å²) in [5.74, 6) is -0.224. The number of piperidine rings is 1. The molecule has 33 heavy (non-hydrogen) atoms. The SMILES string of the molecule is C[C@H]1CC[C@H](c2ccccc2)SN1Cc1ccc(N2CC[C@@H](n3cnnc3)[C@H](F)C2)cc1F. The Morgan fingerprint density at radius 3 is 2.55 bits per heavy atom. The smallest absolute Gasteiger partial charge is 0.138 e. The molecule has 1 aromatic heterocycles. The number of aromatic nitrogens is 3. The first kappa shape index (κ1) is 22.3. The number of alkyl halides is 1. The van der Waals surface area contributed by atoms with Crippen molar-refractivity contribution >= 4 is 17.6 Å². The zero-order valence-electron chi connectivity index (χ0n) is 18.7. The molecule has 8 heteroatoms. The van der Waals surface area contributed by atoms with Crippen molar-refractivity contribution in [3.8, 4) is 0 Å². The van der Waals surface area contributed by atoms with Crippen LogP contribution in [-0.4, -0.2) is 44.4 Å². The van der Waals surface area contributed by atoms with E-state index in [1.54, 1.807) is 23.3 Å². The quantitative estimate of drug-likeness (QED) is 0.456.